The Bertz CT molecular complexity index is 969. The van der Waals surface area contributed by atoms with E-state index in [-0.39, 0.29) is 11.4 Å². The number of carbonyl (C=O) groups is 1. The molecule has 2 N–H and O–H groups in total. The maximum Gasteiger partial charge on any atom is 0.319 e. The second-order valence-corrected chi connectivity index (χ2v) is 8.00. The van der Waals surface area contributed by atoms with E-state index in [1.807, 2.05) is 38.1 Å². The zero-order valence-corrected chi connectivity index (χ0v) is 16.7. The van der Waals surface area contributed by atoms with Crippen LogP contribution in [-0.4, -0.2) is 11.0 Å². The minimum Gasteiger partial charge on any atom is -0.334 e. The van der Waals surface area contributed by atoms with Gasteiger partial charge in [0.25, 0.3) is 0 Å². The molecule has 0 saturated heterocycles. The lowest BCUT2D eigenvalue weighted by atomic mass is 9.87. The number of nitrogens with one attached hydrogen (secondary N) is 2. The van der Waals surface area contributed by atoms with Crippen molar-refractivity contribution in [1.82, 2.24) is 10.3 Å². The summed E-state index contributed by atoms with van der Waals surface area (Å²) in [4.78, 5) is 16.9. The number of hydrogen-bond acceptors (Lipinski definition) is 2. The number of anilines is 1. The number of carbonyl (C=O) groups excluding carboxylic acids is 1. The van der Waals surface area contributed by atoms with Gasteiger partial charge >= 0.3 is 6.03 Å². The van der Waals surface area contributed by atoms with Gasteiger partial charge in [-0.1, -0.05) is 57.2 Å². The van der Waals surface area contributed by atoms with Gasteiger partial charge in [0.15, 0.2) is 0 Å². The van der Waals surface area contributed by atoms with Crippen LogP contribution in [0.1, 0.15) is 43.3 Å². The number of pyridine rings is 1. The van der Waals surface area contributed by atoms with Crippen LogP contribution in [-0.2, 0) is 12.0 Å². The molecule has 2 amide bonds. The summed E-state index contributed by atoms with van der Waals surface area (Å²) >= 11 is 0. The van der Waals surface area contributed by atoms with E-state index in [0.29, 0.717) is 6.54 Å². The summed E-state index contributed by atoms with van der Waals surface area (Å²) in [6, 6.07) is 16.0. The van der Waals surface area contributed by atoms with Crippen LogP contribution >= 0.6 is 0 Å². The lowest BCUT2D eigenvalue weighted by Gasteiger charge is -2.19. The predicted octanol–water partition coefficient (Wildman–Crippen LogP) is 5.47. The van der Waals surface area contributed by atoms with Crippen molar-refractivity contribution >= 4 is 22.5 Å². The number of hydrogen-bond donors (Lipinski definition) is 2. The van der Waals surface area contributed by atoms with Gasteiger partial charge in [-0.3, -0.25) is 4.98 Å². The molecule has 4 nitrogen and oxygen atoms in total. The fourth-order valence-electron chi connectivity index (χ4n) is 3.18. The molecule has 0 saturated carbocycles. The third kappa shape index (κ3) is 4.45. The van der Waals surface area contributed by atoms with E-state index in [4.69, 9.17) is 0 Å². The lowest BCUT2D eigenvalue weighted by molar-refractivity contribution is 0.252. The Labute approximate surface area is 161 Å². The molecule has 4 heteroatoms. The first-order valence-electron chi connectivity index (χ1n) is 9.25. The van der Waals surface area contributed by atoms with Crippen LogP contribution in [0.25, 0.3) is 10.8 Å². The molecule has 0 spiro atoms. The number of amides is 2. The van der Waals surface area contributed by atoms with Crippen LogP contribution in [0.2, 0.25) is 0 Å². The van der Waals surface area contributed by atoms with Crippen molar-refractivity contribution in [1.29, 1.82) is 0 Å². The first-order chi connectivity index (χ1) is 12.7. The van der Waals surface area contributed by atoms with Gasteiger partial charge < -0.3 is 10.6 Å². The van der Waals surface area contributed by atoms with Crippen LogP contribution in [0.5, 0.6) is 0 Å². The minimum atomic E-state index is -0.213. The van der Waals surface area contributed by atoms with Crippen molar-refractivity contribution in [2.24, 2.45) is 0 Å². The zero-order chi connectivity index (χ0) is 19.6. The molecule has 27 heavy (non-hydrogen) atoms. The number of nitrogens with zero attached hydrogens (tertiary/aromatic N) is 1. The van der Waals surface area contributed by atoms with Gasteiger partial charge in [0.05, 0.1) is 5.69 Å². The molecule has 1 aromatic heterocycles. The third-order valence-corrected chi connectivity index (χ3v) is 4.71. The molecule has 3 rings (SSSR count). The molecule has 0 aliphatic rings. The number of aromatic nitrogens is 1. The topological polar surface area (TPSA) is 54.0 Å². The zero-order valence-electron chi connectivity index (χ0n) is 16.7. The van der Waals surface area contributed by atoms with Gasteiger partial charge in [-0.15, -0.1) is 0 Å². The highest BCUT2D eigenvalue weighted by molar-refractivity contribution is 6.02. The Kier molecular flexibility index (Phi) is 5.17. The van der Waals surface area contributed by atoms with Crippen LogP contribution < -0.4 is 10.6 Å². The Morgan fingerprint density at radius 1 is 1.00 bits per heavy atom. The molecule has 2 aromatic carbocycles. The summed E-state index contributed by atoms with van der Waals surface area (Å²) in [6.45, 7) is 11.0. The first kappa shape index (κ1) is 18.9. The van der Waals surface area contributed by atoms with Gasteiger partial charge in [0.1, 0.15) is 0 Å². The molecule has 0 fully saturated rings. The quantitative estimate of drug-likeness (QED) is 0.650. The number of benzene rings is 2. The summed E-state index contributed by atoms with van der Waals surface area (Å²) in [7, 11) is 0. The molecule has 0 aliphatic heterocycles. The van der Waals surface area contributed by atoms with Crippen molar-refractivity contribution < 1.29 is 4.79 Å². The molecular weight excluding hydrogens is 334 g/mol. The SMILES string of the molecule is Cc1cc2c(NC(=O)NCc3ccc(C(C)(C)C)cc3)cccc2c(C)n1. The van der Waals surface area contributed by atoms with E-state index in [2.05, 4.69) is 60.7 Å². The van der Waals surface area contributed by atoms with Crippen molar-refractivity contribution in [3.8, 4) is 0 Å². The number of fused-ring (bicyclic) bond motifs is 1. The third-order valence-electron chi connectivity index (χ3n) is 4.71. The summed E-state index contributed by atoms with van der Waals surface area (Å²) in [6.07, 6.45) is 0. The Balaban J connectivity index is 1.69. The van der Waals surface area contributed by atoms with Crippen LogP contribution in [0.15, 0.2) is 48.5 Å². The Hall–Kier alpha value is -2.88. The molecule has 3 aromatic rings. The maximum absolute atomic E-state index is 12.4. The molecule has 140 valence electrons. The number of urea groups is 1. The fraction of sp³-hybridized carbons (Fsp3) is 0.304. The Morgan fingerprint density at radius 2 is 1.70 bits per heavy atom. The second-order valence-electron chi connectivity index (χ2n) is 8.00. The first-order valence-corrected chi connectivity index (χ1v) is 9.25. The van der Waals surface area contributed by atoms with E-state index in [9.17, 15) is 4.79 Å². The lowest BCUT2D eigenvalue weighted by Crippen LogP contribution is -2.28. The van der Waals surface area contributed by atoms with Gasteiger partial charge in [0.2, 0.25) is 0 Å². The van der Waals surface area contributed by atoms with E-state index in [1.54, 1.807) is 0 Å². The minimum absolute atomic E-state index is 0.128. The molecule has 0 bridgehead atoms. The van der Waals surface area contributed by atoms with Gasteiger partial charge in [-0.25, -0.2) is 4.79 Å². The Morgan fingerprint density at radius 3 is 2.37 bits per heavy atom. The molecule has 0 aliphatic carbocycles. The van der Waals surface area contributed by atoms with Gasteiger partial charge in [0, 0.05) is 28.7 Å². The predicted molar refractivity (Wildman–Crippen MR) is 112 cm³/mol. The number of aryl methyl sites for hydroxylation is 2. The second kappa shape index (κ2) is 7.39. The molecule has 0 atom stereocenters. The molecule has 0 unspecified atom stereocenters. The van der Waals surface area contributed by atoms with Crippen molar-refractivity contribution in [3.05, 3.63) is 71.0 Å². The monoisotopic (exact) mass is 361 g/mol. The van der Waals surface area contributed by atoms with Crippen LogP contribution in [0.3, 0.4) is 0 Å². The average molecular weight is 361 g/mol. The molecule has 1 heterocycles. The highest BCUT2D eigenvalue weighted by atomic mass is 16.2. The smallest absolute Gasteiger partial charge is 0.319 e. The van der Waals surface area contributed by atoms with Crippen molar-refractivity contribution in [3.63, 3.8) is 0 Å². The van der Waals surface area contributed by atoms with Gasteiger partial charge in [-0.2, -0.15) is 0 Å². The van der Waals surface area contributed by atoms with Gasteiger partial charge in [-0.05, 0) is 42.5 Å². The highest BCUT2D eigenvalue weighted by Crippen LogP contribution is 2.26. The van der Waals surface area contributed by atoms with Crippen molar-refractivity contribution in [2.45, 2.75) is 46.6 Å². The summed E-state index contributed by atoms with van der Waals surface area (Å²) < 4.78 is 0. The number of rotatable bonds is 3. The van der Waals surface area contributed by atoms with Crippen LogP contribution in [0.4, 0.5) is 10.5 Å². The molecule has 0 radical (unpaired) electrons. The average Bonchev–Trinajstić information content (AvgIpc) is 2.60. The summed E-state index contributed by atoms with van der Waals surface area (Å²) in [5.41, 5.74) is 5.18. The fourth-order valence-corrected chi connectivity index (χ4v) is 3.18. The van der Waals surface area contributed by atoms with E-state index >= 15 is 0 Å². The highest BCUT2D eigenvalue weighted by Gasteiger charge is 2.13. The van der Waals surface area contributed by atoms with Crippen LogP contribution in [0, 0.1) is 13.8 Å². The van der Waals surface area contributed by atoms with Crippen molar-refractivity contribution in [2.75, 3.05) is 5.32 Å². The van der Waals surface area contributed by atoms with E-state index in [1.165, 1.54) is 5.56 Å². The maximum atomic E-state index is 12.4. The van der Waals surface area contributed by atoms with E-state index in [0.717, 1.165) is 33.4 Å². The summed E-state index contributed by atoms with van der Waals surface area (Å²) in [5.74, 6) is 0. The molecular formula is C23H27N3O. The normalized spacial score (nSPS) is 11.4. The summed E-state index contributed by atoms with van der Waals surface area (Å²) in [5, 5.41) is 7.96. The standard InChI is InChI=1S/C23H27N3O/c1-15-13-20-19(16(2)25-15)7-6-8-21(20)26-22(27)24-14-17-9-11-18(12-10-17)23(3,4)5/h6-13H,14H2,1-5H3,(H2,24,26,27). The largest absolute Gasteiger partial charge is 0.334 e. The van der Waals surface area contributed by atoms with E-state index < -0.39 is 0 Å².